The van der Waals surface area contributed by atoms with Crippen LogP contribution in [0.1, 0.15) is 34.9 Å². The molecule has 1 aromatic carbocycles. The third-order valence-corrected chi connectivity index (χ3v) is 3.60. The Morgan fingerprint density at radius 1 is 1.26 bits per heavy atom. The first-order valence-electron chi connectivity index (χ1n) is 6.46. The van der Waals surface area contributed by atoms with Crippen LogP contribution in [-0.4, -0.2) is 29.3 Å². The average Bonchev–Trinajstić information content (AvgIpc) is 2.47. The van der Waals surface area contributed by atoms with E-state index in [1.807, 2.05) is 24.3 Å². The summed E-state index contributed by atoms with van der Waals surface area (Å²) in [6.45, 7) is 1.44. The number of hydrogen-bond acceptors (Lipinski definition) is 3. The van der Waals surface area contributed by atoms with E-state index in [0.717, 1.165) is 42.5 Å². The molecule has 0 aliphatic carbocycles. The predicted molar refractivity (Wildman–Crippen MR) is 71.5 cm³/mol. The minimum absolute atomic E-state index is 0.125. The highest BCUT2D eigenvalue weighted by molar-refractivity contribution is 5.93. The lowest BCUT2D eigenvalue weighted by atomic mass is 9.92. The zero-order chi connectivity index (χ0) is 13.2. The van der Waals surface area contributed by atoms with Crippen LogP contribution < -0.4 is 0 Å². The second-order valence-electron chi connectivity index (χ2n) is 4.81. The Kier molecular flexibility index (Phi) is 3.17. The van der Waals surface area contributed by atoms with Gasteiger partial charge >= 0.3 is 5.97 Å². The van der Waals surface area contributed by atoms with Gasteiger partial charge in [0.1, 0.15) is 5.69 Å². The van der Waals surface area contributed by atoms with Gasteiger partial charge in [0.2, 0.25) is 0 Å². The van der Waals surface area contributed by atoms with Gasteiger partial charge in [0.15, 0.2) is 0 Å². The van der Waals surface area contributed by atoms with E-state index in [-0.39, 0.29) is 11.6 Å². The molecule has 2 aromatic rings. The summed E-state index contributed by atoms with van der Waals surface area (Å²) in [4.78, 5) is 15.6. The van der Waals surface area contributed by atoms with E-state index < -0.39 is 5.97 Å². The van der Waals surface area contributed by atoms with E-state index in [1.54, 1.807) is 6.07 Å². The molecule has 19 heavy (non-hydrogen) atoms. The Bertz CT molecular complexity index is 618. The highest BCUT2D eigenvalue weighted by Gasteiger charge is 2.21. The molecular weight excluding hydrogens is 242 g/mol. The fourth-order valence-electron chi connectivity index (χ4n) is 2.62. The van der Waals surface area contributed by atoms with Crippen LogP contribution in [0.15, 0.2) is 30.3 Å². The number of nitrogens with zero attached hydrogens (tertiary/aromatic N) is 1. The van der Waals surface area contributed by atoms with Crippen LogP contribution in [0.2, 0.25) is 0 Å². The van der Waals surface area contributed by atoms with Crippen LogP contribution in [0.3, 0.4) is 0 Å². The lowest BCUT2D eigenvalue weighted by Gasteiger charge is -2.23. The molecule has 2 heterocycles. The zero-order valence-corrected chi connectivity index (χ0v) is 10.5. The van der Waals surface area contributed by atoms with E-state index in [0.29, 0.717) is 0 Å². The number of rotatable bonds is 2. The van der Waals surface area contributed by atoms with Crippen molar-refractivity contribution >= 4 is 16.7 Å². The number of fused-ring (bicyclic) bond motifs is 1. The molecular formula is C15H15NO3. The lowest BCUT2D eigenvalue weighted by Crippen LogP contribution is -2.16. The maximum absolute atomic E-state index is 11.2. The normalized spacial score (nSPS) is 16.6. The minimum Gasteiger partial charge on any atom is -0.477 e. The van der Waals surface area contributed by atoms with E-state index in [9.17, 15) is 9.90 Å². The van der Waals surface area contributed by atoms with Gasteiger partial charge in [-0.15, -0.1) is 0 Å². The lowest BCUT2D eigenvalue weighted by molar-refractivity contribution is 0.0689. The molecule has 98 valence electrons. The maximum atomic E-state index is 11.2. The fraction of sp³-hybridized carbons (Fsp3) is 0.333. The van der Waals surface area contributed by atoms with Gasteiger partial charge in [0.05, 0.1) is 5.69 Å². The molecule has 1 aliphatic heterocycles. The summed E-state index contributed by atoms with van der Waals surface area (Å²) in [6.07, 6.45) is 1.81. The molecule has 3 rings (SSSR count). The molecule has 1 N–H and O–H groups in total. The van der Waals surface area contributed by atoms with Crippen molar-refractivity contribution in [2.45, 2.75) is 18.8 Å². The molecule has 0 bridgehead atoms. The Labute approximate surface area is 111 Å². The summed E-state index contributed by atoms with van der Waals surface area (Å²) < 4.78 is 5.37. The largest absolute Gasteiger partial charge is 0.477 e. The van der Waals surface area contributed by atoms with Crippen LogP contribution in [0, 0.1) is 0 Å². The molecule has 0 saturated carbocycles. The summed E-state index contributed by atoms with van der Waals surface area (Å²) in [5, 5.41) is 11.2. The second-order valence-corrected chi connectivity index (χ2v) is 4.81. The number of hydrogen-bond donors (Lipinski definition) is 1. The van der Waals surface area contributed by atoms with Gasteiger partial charge in [-0.05, 0) is 24.3 Å². The Hall–Kier alpha value is -1.94. The first kappa shape index (κ1) is 12.1. The molecule has 4 nitrogen and oxygen atoms in total. The Morgan fingerprint density at radius 2 is 2.00 bits per heavy atom. The standard InChI is InChI=1S/C15H15NO3/c17-15(18)13-9-11-3-1-2-4-12(11)14(16-13)10-5-7-19-8-6-10/h1-4,9-10H,5-8H2,(H,17,18). The van der Waals surface area contributed by atoms with Gasteiger partial charge < -0.3 is 9.84 Å². The maximum Gasteiger partial charge on any atom is 0.354 e. The Balaban J connectivity index is 2.16. The van der Waals surface area contributed by atoms with Crippen LogP contribution >= 0.6 is 0 Å². The molecule has 0 unspecified atom stereocenters. The topological polar surface area (TPSA) is 59.4 Å². The highest BCUT2D eigenvalue weighted by atomic mass is 16.5. The minimum atomic E-state index is -0.973. The van der Waals surface area contributed by atoms with Gasteiger partial charge in [-0.1, -0.05) is 24.3 Å². The number of aromatic carboxylic acids is 1. The number of carboxylic acids is 1. The van der Waals surface area contributed by atoms with Crippen molar-refractivity contribution in [3.05, 3.63) is 41.7 Å². The first-order valence-corrected chi connectivity index (χ1v) is 6.46. The highest BCUT2D eigenvalue weighted by Crippen LogP contribution is 2.31. The zero-order valence-electron chi connectivity index (χ0n) is 10.5. The monoisotopic (exact) mass is 257 g/mol. The van der Waals surface area contributed by atoms with Gasteiger partial charge in [0.25, 0.3) is 0 Å². The van der Waals surface area contributed by atoms with Gasteiger partial charge in [-0.3, -0.25) is 0 Å². The fourth-order valence-corrected chi connectivity index (χ4v) is 2.62. The quantitative estimate of drug-likeness (QED) is 0.898. The van der Waals surface area contributed by atoms with E-state index in [4.69, 9.17) is 4.74 Å². The molecule has 1 fully saturated rings. The van der Waals surface area contributed by atoms with Crippen molar-refractivity contribution in [1.82, 2.24) is 4.98 Å². The van der Waals surface area contributed by atoms with Crippen molar-refractivity contribution in [1.29, 1.82) is 0 Å². The van der Waals surface area contributed by atoms with Crippen LogP contribution in [0.25, 0.3) is 10.8 Å². The average molecular weight is 257 g/mol. The van der Waals surface area contributed by atoms with Crippen molar-refractivity contribution in [2.24, 2.45) is 0 Å². The van der Waals surface area contributed by atoms with Crippen LogP contribution in [0.4, 0.5) is 0 Å². The van der Waals surface area contributed by atoms with Crippen LogP contribution in [-0.2, 0) is 4.74 Å². The van der Waals surface area contributed by atoms with Crippen LogP contribution in [0.5, 0.6) is 0 Å². The summed E-state index contributed by atoms with van der Waals surface area (Å²) in [6, 6.07) is 9.47. The number of pyridine rings is 1. The molecule has 0 atom stereocenters. The smallest absolute Gasteiger partial charge is 0.354 e. The third kappa shape index (κ3) is 2.31. The number of carbonyl (C=O) groups is 1. The van der Waals surface area contributed by atoms with Gasteiger partial charge in [0, 0.05) is 24.5 Å². The van der Waals surface area contributed by atoms with E-state index in [2.05, 4.69) is 4.98 Å². The summed E-state index contributed by atoms with van der Waals surface area (Å²) in [5.74, 6) is -0.683. The number of aromatic nitrogens is 1. The molecule has 0 amide bonds. The van der Waals surface area contributed by atoms with Crippen molar-refractivity contribution in [3.8, 4) is 0 Å². The second kappa shape index (κ2) is 4.97. The van der Waals surface area contributed by atoms with E-state index >= 15 is 0 Å². The molecule has 1 aliphatic rings. The molecule has 0 spiro atoms. The van der Waals surface area contributed by atoms with Crippen molar-refractivity contribution in [2.75, 3.05) is 13.2 Å². The molecule has 0 radical (unpaired) electrons. The summed E-state index contributed by atoms with van der Waals surface area (Å²) in [5.41, 5.74) is 1.03. The number of benzene rings is 1. The van der Waals surface area contributed by atoms with Crippen molar-refractivity contribution in [3.63, 3.8) is 0 Å². The number of ether oxygens (including phenoxy) is 1. The predicted octanol–water partition coefficient (Wildman–Crippen LogP) is 2.83. The van der Waals surface area contributed by atoms with Crippen molar-refractivity contribution < 1.29 is 14.6 Å². The van der Waals surface area contributed by atoms with Gasteiger partial charge in [-0.25, -0.2) is 9.78 Å². The third-order valence-electron chi connectivity index (χ3n) is 3.60. The summed E-state index contributed by atoms with van der Waals surface area (Å²) in [7, 11) is 0. The number of carboxylic acid groups (broad SMARTS) is 1. The summed E-state index contributed by atoms with van der Waals surface area (Å²) >= 11 is 0. The SMILES string of the molecule is O=C(O)c1cc2ccccc2c(C2CCOCC2)n1. The van der Waals surface area contributed by atoms with E-state index in [1.165, 1.54) is 0 Å². The van der Waals surface area contributed by atoms with Gasteiger partial charge in [-0.2, -0.15) is 0 Å². The first-order chi connectivity index (χ1) is 9.25. The molecule has 1 aromatic heterocycles. The molecule has 1 saturated heterocycles. The molecule has 4 heteroatoms. The Morgan fingerprint density at radius 3 is 2.74 bits per heavy atom.